The molecule has 1 aromatic heterocycles. The fourth-order valence-electron chi connectivity index (χ4n) is 1.68. The summed E-state index contributed by atoms with van der Waals surface area (Å²) in [6.07, 6.45) is -3.07. The number of alkyl halides is 3. The van der Waals surface area contributed by atoms with E-state index in [1.165, 1.54) is 25.3 Å². The van der Waals surface area contributed by atoms with E-state index in [4.69, 9.17) is 11.6 Å². The maximum absolute atomic E-state index is 12.7. The Bertz CT molecular complexity index is 687. The van der Waals surface area contributed by atoms with E-state index in [1.807, 2.05) is 0 Å². The SMILES string of the molecule is CC(=O)Nc1ccc(Nc2cc(C(F)(F)F)ccc2Cl)cn1. The van der Waals surface area contributed by atoms with Gasteiger partial charge in [-0.1, -0.05) is 11.6 Å². The Morgan fingerprint density at radius 2 is 1.95 bits per heavy atom. The van der Waals surface area contributed by atoms with Crippen LogP contribution < -0.4 is 10.6 Å². The van der Waals surface area contributed by atoms with Crippen LogP contribution in [0.1, 0.15) is 12.5 Å². The van der Waals surface area contributed by atoms with Crippen molar-refractivity contribution in [3.63, 3.8) is 0 Å². The summed E-state index contributed by atoms with van der Waals surface area (Å²) >= 11 is 5.89. The van der Waals surface area contributed by atoms with Crippen LogP contribution in [0.3, 0.4) is 0 Å². The molecule has 0 atom stereocenters. The van der Waals surface area contributed by atoms with Crippen LogP contribution in [-0.4, -0.2) is 10.9 Å². The molecule has 0 aliphatic carbocycles. The molecule has 4 nitrogen and oxygen atoms in total. The first kappa shape index (κ1) is 16.1. The highest BCUT2D eigenvalue weighted by Crippen LogP contribution is 2.34. The van der Waals surface area contributed by atoms with E-state index in [1.54, 1.807) is 6.07 Å². The van der Waals surface area contributed by atoms with Gasteiger partial charge in [-0.05, 0) is 30.3 Å². The van der Waals surface area contributed by atoms with Gasteiger partial charge in [-0.2, -0.15) is 13.2 Å². The Kier molecular flexibility index (Phi) is 4.56. The Morgan fingerprint density at radius 1 is 1.23 bits per heavy atom. The normalized spacial score (nSPS) is 11.1. The fourth-order valence-corrected chi connectivity index (χ4v) is 1.84. The lowest BCUT2D eigenvalue weighted by Gasteiger charge is -2.12. The Morgan fingerprint density at radius 3 is 2.50 bits per heavy atom. The minimum atomic E-state index is -4.45. The van der Waals surface area contributed by atoms with Crippen LogP contribution in [0.15, 0.2) is 36.5 Å². The van der Waals surface area contributed by atoms with E-state index in [-0.39, 0.29) is 16.6 Å². The molecule has 0 saturated heterocycles. The first-order valence-electron chi connectivity index (χ1n) is 6.13. The summed E-state index contributed by atoms with van der Waals surface area (Å²) in [5.74, 6) is 0.0716. The van der Waals surface area contributed by atoms with Crippen LogP contribution >= 0.6 is 11.6 Å². The number of halogens is 4. The molecule has 0 aliphatic heterocycles. The molecule has 2 N–H and O–H groups in total. The number of benzene rings is 1. The minimum Gasteiger partial charge on any atom is -0.353 e. The van der Waals surface area contributed by atoms with Crippen molar-refractivity contribution in [2.24, 2.45) is 0 Å². The highest BCUT2D eigenvalue weighted by molar-refractivity contribution is 6.33. The quantitative estimate of drug-likeness (QED) is 0.874. The van der Waals surface area contributed by atoms with E-state index >= 15 is 0 Å². The van der Waals surface area contributed by atoms with E-state index < -0.39 is 11.7 Å². The third kappa shape index (κ3) is 4.11. The molecule has 2 aromatic rings. The lowest BCUT2D eigenvalue weighted by molar-refractivity contribution is -0.137. The Hall–Kier alpha value is -2.28. The van der Waals surface area contributed by atoms with Crippen molar-refractivity contribution >= 4 is 34.7 Å². The van der Waals surface area contributed by atoms with Gasteiger partial charge in [0.15, 0.2) is 0 Å². The fraction of sp³-hybridized carbons (Fsp3) is 0.143. The van der Waals surface area contributed by atoms with Gasteiger partial charge in [0.05, 0.1) is 28.2 Å². The predicted octanol–water partition coefficient (Wildman–Crippen LogP) is 4.46. The van der Waals surface area contributed by atoms with Crippen LogP contribution in [0.5, 0.6) is 0 Å². The summed E-state index contributed by atoms with van der Waals surface area (Å²) < 4.78 is 38.1. The standard InChI is InChI=1S/C14H11ClF3N3O/c1-8(22)20-13-5-3-10(7-19-13)21-12-6-9(14(16,17)18)2-4-11(12)15/h2-7,21H,1H3,(H,19,20,22). The number of carbonyl (C=O) groups excluding carboxylic acids is 1. The average Bonchev–Trinajstić information content (AvgIpc) is 2.41. The number of hydrogen-bond acceptors (Lipinski definition) is 3. The molecule has 2 rings (SSSR count). The molecule has 1 aromatic carbocycles. The number of hydrogen-bond donors (Lipinski definition) is 2. The van der Waals surface area contributed by atoms with Gasteiger partial charge in [0.25, 0.3) is 0 Å². The van der Waals surface area contributed by atoms with Gasteiger partial charge in [0.1, 0.15) is 5.82 Å². The second kappa shape index (κ2) is 6.23. The van der Waals surface area contributed by atoms with Crippen LogP contribution in [0, 0.1) is 0 Å². The van der Waals surface area contributed by atoms with Crippen molar-refractivity contribution in [1.29, 1.82) is 0 Å². The first-order chi connectivity index (χ1) is 10.3. The van der Waals surface area contributed by atoms with E-state index in [2.05, 4.69) is 15.6 Å². The smallest absolute Gasteiger partial charge is 0.353 e. The monoisotopic (exact) mass is 329 g/mol. The van der Waals surface area contributed by atoms with Gasteiger partial charge in [0, 0.05) is 6.92 Å². The highest BCUT2D eigenvalue weighted by atomic mass is 35.5. The third-order valence-electron chi connectivity index (χ3n) is 2.64. The lowest BCUT2D eigenvalue weighted by Crippen LogP contribution is -2.07. The molecule has 0 saturated carbocycles. The zero-order chi connectivity index (χ0) is 16.3. The summed E-state index contributed by atoms with van der Waals surface area (Å²) in [7, 11) is 0. The van der Waals surface area contributed by atoms with Crippen LogP contribution in [0.25, 0.3) is 0 Å². The summed E-state index contributed by atoms with van der Waals surface area (Å²) in [4.78, 5) is 14.8. The maximum atomic E-state index is 12.7. The molecule has 0 aliphatic rings. The van der Waals surface area contributed by atoms with Gasteiger partial charge in [-0.25, -0.2) is 4.98 Å². The number of pyridine rings is 1. The van der Waals surface area contributed by atoms with Crippen LogP contribution in [0.2, 0.25) is 5.02 Å². The third-order valence-corrected chi connectivity index (χ3v) is 2.97. The summed E-state index contributed by atoms with van der Waals surface area (Å²) in [6, 6.07) is 6.08. The molecule has 0 radical (unpaired) electrons. The zero-order valence-electron chi connectivity index (χ0n) is 11.3. The molecule has 8 heteroatoms. The van der Waals surface area contributed by atoms with Crippen LogP contribution in [0.4, 0.5) is 30.4 Å². The molecule has 1 amide bonds. The average molecular weight is 330 g/mol. The van der Waals surface area contributed by atoms with Gasteiger partial charge in [0.2, 0.25) is 5.91 Å². The van der Waals surface area contributed by atoms with E-state index in [9.17, 15) is 18.0 Å². The second-order valence-electron chi connectivity index (χ2n) is 4.43. The predicted molar refractivity (Wildman–Crippen MR) is 78.3 cm³/mol. The lowest BCUT2D eigenvalue weighted by atomic mass is 10.2. The largest absolute Gasteiger partial charge is 0.416 e. The van der Waals surface area contributed by atoms with Gasteiger partial charge < -0.3 is 10.6 Å². The topological polar surface area (TPSA) is 54.0 Å². The van der Waals surface area contributed by atoms with Crippen molar-refractivity contribution in [2.45, 2.75) is 13.1 Å². The molecule has 0 unspecified atom stereocenters. The number of rotatable bonds is 3. The summed E-state index contributed by atoms with van der Waals surface area (Å²) in [5.41, 5.74) is -0.247. The summed E-state index contributed by atoms with van der Waals surface area (Å²) in [6.45, 7) is 1.34. The number of carbonyl (C=O) groups is 1. The number of aromatic nitrogens is 1. The molecule has 0 fully saturated rings. The van der Waals surface area contributed by atoms with Crippen LogP contribution in [-0.2, 0) is 11.0 Å². The van der Waals surface area contributed by atoms with Crippen molar-refractivity contribution in [1.82, 2.24) is 4.98 Å². The number of amides is 1. The maximum Gasteiger partial charge on any atom is 0.416 e. The number of nitrogens with one attached hydrogen (secondary N) is 2. The van der Waals surface area contributed by atoms with Crippen molar-refractivity contribution < 1.29 is 18.0 Å². The van der Waals surface area contributed by atoms with Crippen molar-refractivity contribution in [3.8, 4) is 0 Å². The Labute approximate surface area is 129 Å². The summed E-state index contributed by atoms with van der Waals surface area (Å²) in [5, 5.41) is 5.39. The molecule has 0 bridgehead atoms. The molecule has 0 spiro atoms. The minimum absolute atomic E-state index is 0.116. The zero-order valence-corrected chi connectivity index (χ0v) is 12.1. The first-order valence-corrected chi connectivity index (χ1v) is 6.51. The molecule has 116 valence electrons. The van der Waals surface area contributed by atoms with Crippen molar-refractivity contribution in [2.75, 3.05) is 10.6 Å². The van der Waals surface area contributed by atoms with Gasteiger partial charge in [-0.3, -0.25) is 4.79 Å². The van der Waals surface area contributed by atoms with Gasteiger partial charge in [-0.15, -0.1) is 0 Å². The molecule has 1 heterocycles. The Balaban J connectivity index is 2.21. The highest BCUT2D eigenvalue weighted by Gasteiger charge is 2.30. The molecular formula is C14H11ClF3N3O. The number of nitrogens with zero attached hydrogens (tertiary/aromatic N) is 1. The molecular weight excluding hydrogens is 319 g/mol. The van der Waals surface area contributed by atoms with Crippen molar-refractivity contribution in [3.05, 3.63) is 47.1 Å². The van der Waals surface area contributed by atoms with E-state index in [0.29, 0.717) is 11.5 Å². The second-order valence-corrected chi connectivity index (χ2v) is 4.84. The number of anilines is 3. The molecule has 22 heavy (non-hydrogen) atoms. The van der Waals surface area contributed by atoms with E-state index in [0.717, 1.165) is 12.1 Å². The van der Waals surface area contributed by atoms with Gasteiger partial charge >= 0.3 is 6.18 Å².